The van der Waals surface area contributed by atoms with E-state index in [2.05, 4.69) is 26.8 Å². The van der Waals surface area contributed by atoms with Crippen molar-refractivity contribution >= 4 is 0 Å². The number of benzene rings is 1. The maximum Gasteiger partial charge on any atom is 0.125 e. The second kappa shape index (κ2) is 3.61. The van der Waals surface area contributed by atoms with Crippen molar-refractivity contribution in [1.29, 1.82) is 0 Å². The maximum absolute atomic E-state index is 5.27. The van der Waals surface area contributed by atoms with Crippen LogP contribution < -0.4 is 4.74 Å². The van der Waals surface area contributed by atoms with Gasteiger partial charge in [0.2, 0.25) is 0 Å². The van der Waals surface area contributed by atoms with Crippen LogP contribution in [0.4, 0.5) is 0 Å². The zero-order valence-corrected chi connectivity index (χ0v) is 7.92. The van der Waals surface area contributed by atoms with Crippen LogP contribution in [-0.2, 0) is 0 Å². The van der Waals surface area contributed by atoms with Gasteiger partial charge in [0.15, 0.2) is 0 Å². The highest BCUT2D eigenvalue weighted by Gasteiger charge is 2.07. The molecule has 0 aliphatic carbocycles. The Hall–Kier alpha value is -0.980. The Bertz CT molecular complexity index is 264. The summed E-state index contributed by atoms with van der Waals surface area (Å²) in [6, 6.07) is 6.06. The Kier molecular flexibility index (Phi) is 2.74. The quantitative estimate of drug-likeness (QED) is 0.651. The van der Waals surface area contributed by atoms with Crippen molar-refractivity contribution in [2.75, 3.05) is 7.11 Å². The summed E-state index contributed by atoms with van der Waals surface area (Å²) in [5.41, 5.74) is 2.19. The van der Waals surface area contributed by atoms with Gasteiger partial charge in [0, 0.05) is 0 Å². The summed E-state index contributed by atoms with van der Waals surface area (Å²) in [7, 11) is 1.69. The highest BCUT2D eigenvalue weighted by atomic mass is 16.5. The van der Waals surface area contributed by atoms with E-state index in [4.69, 9.17) is 4.74 Å². The van der Waals surface area contributed by atoms with E-state index in [9.17, 15) is 0 Å². The van der Waals surface area contributed by atoms with E-state index in [0.717, 1.165) is 11.3 Å². The van der Waals surface area contributed by atoms with Crippen LogP contribution in [0.1, 0.15) is 30.9 Å². The molecule has 0 saturated carbocycles. The van der Waals surface area contributed by atoms with E-state index in [0.29, 0.717) is 5.92 Å². The smallest absolute Gasteiger partial charge is 0.125 e. The number of hydrogen-bond acceptors (Lipinski definition) is 1. The van der Waals surface area contributed by atoms with Gasteiger partial charge in [-0.25, -0.2) is 0 Å². The zero-order chi connectivity index (χ0) is 9.14. The molecule has 65 valence electrons. The second-order valence-electron chi connectivity index (χ2n) is 3.19. The first-order valence-corrected chi connectivity index (χ1v) is 4.15. The first-order chi connectivity index (χ1) is 5.66. The third-order valence-electron chi connectivity index (χ3n) is 1.95. The van der Waals surface area contributed by atoms with Crippen molar-refractivity contribution in [3.63, 3.8) is 0 Å². The lowest BCUT2D eigenvalue weighted by molar-refractivity contribution is 0.406. The number of methoxy groups -OCH3 is 1. The molecule has 0 heterocycles. The van der Waals surface area contributed by atoms with Crippen molar-refractivity contribution in [2.45, 2.75) is 19.8 Å². The fraction of sp³-hybridized carbons (Fsp3) is 0.364. The van der Waals surface area contributed by atoms with Crippen molar-refractivity contribution < 1.29 is 4.74 Å². The molecule has 12 heavy (non-hydrogen) atoms. The molecule has 0 aliphatic rings. The minimum Gasteiger partial charge on any atom is -0.496 e. The predicted molar refractivity (Wildman–Crippen MR) is 51.5 cm³/mol. The van der Waals surface area contributed by atoms with E-state index in [1.165, 1.54) is 5.56 Å². The normalized spacial score (nSPS) is 10.4. The summed E-state index contributed by atoms with van der Waals surface area (Å²) < 4.78 is 5.27. The monoisotopic (exact) mass is 163 g/mol. The molecule has 0 N–H and O–H groups in total. The second-order valence-corrected chi connectivity index (χ2v) is 3.19. The summed E-state index contributed by atoms with van der Waals surface area (Å²) in [4.78, 5) is 0. The molecule has 0 bridgehead atoms. The van der Waals surface area contributed by atoms with Gasteiger partial charge in [-0.05, 0) is 24.0 Å². The molecule has 1 heteroatoms. The molecule has 0 unspecified atom stereocenters. The minimum absolute atomic E-state index is 0.488. The number of hydrogen-bond donors (Lipinski definition) is 0. The third-order valence-corrected chi connectivity index (χ3v) is 1.95. The fourth-order valence-electron chi connectivity index (χ4n) is 1.31. The van der Waals surface area contributed by atoms with Crippen LogP contribution in [0.3, 0.4) is 0 Å². The fourth-order valence-corrected chi connectivity index (χ4v) is 1.31. The van der Waals surface area contributed by atoms with Crippen molar-refractivity contribution in [3.05, 3.63) is 36.2 Å². The summed E-state index contributed by atoms with van der Waals surface area (Å²) in [5.74, 6) is 1.41. The molecule has 1 rings (SSSR count). The van der Waals surface area contributed by atoms with E-state index < -0.39 is 0 Å². The van der Waals surface area contributed by atoms with Gasteiger partial charge < -0.3 is 4.74 Å². The largest absolute Gasteiger partial charge is 0.496 e. The Labute approximate surface area is 74.4 Å². The molecule has 1 nitrogen and oxygen atoms in total. The maximum atomic E-state index is 5.27. The third kappa shape index (κ3) is 1.60. The first-order valence-electron chi connectivity index (χ1n) is 4.15. The molecule has 1 radical (unpaired) electrons. The molecule has 0 aromatic heterocycles. The Morgan fingerprint density at radius 2 is 2.00 bits per heavy atom. The van der Waals surface area contributed by atoms with Gasteiger partial charge in [0.05, 0.1) is 7.11 Å². The van der Waals surface area contributed by atoms with Gasteiger partial charge in [0.1, 0.15) is 5.75 Å². The Balaban J connectivity index is 3.18. The van der Waals surface area contributed by atoms with Gasteiger partial charge in [-0.15, -0.1) is 0 Å². The van der Waals surface area contributed by atoms with E-state index >= 15 is 0 Å². The van der Waals surface area contributed by atoms with Crippen LogP contribution in [0.25, 0.3) is 0 Å². The van der Waals surface area contributed by atoms with Gasteiger partial charge in [-0.1, -0.05) is 32.0 Å². The van der Waals surface area contributed by atoms with Gasteiger partial charge in [0.25, 0.3) is 0 Å². The lowest BCUT2D eigenvalue weighted by Crippen LogP contribution is -1.95. The van der Waals surface area contributed by atoms with Gasteiger partial charge >= 0.3 is 0 Å². The molecular formula is C11H15O. The zero-order valence-electron chi connectivity index (χ0n) is 7.92. The van der Waals surface area contributed by atoms with Crippen LogP contribution in [0.2, 0.25) is 0 Å². The molecule has 0 aliphatic heterocycles. The lowest BCUT2D eigenvalue weighted by Gasteiger charge is -2.13. The number of ether oxygens (including phenoxy) is 1. The summed E-state index contributed by atoms with van der Waals surface area (Å²) in [6.45, 7) is 8.21. The van der Waals surface area contributed by atoms with Crippen LogP contribution >= 0.6 is 0 Å². The first kappa shape index (κ1) is 9.11. The van der Waals surface area contributed by atoms with Crippen LogP contribution in [0.15, 0.2) is 18.2 Å². The number of para-hydroxylation sites is 1. The highest BCUT2D eigenvalue weighted by molar-refractivity contribution is 5.44. The molecule has 0 spiro atoms. The average molecular weight is 163 g/mol. The van der Waals surface area contributed by atoms with Crippen LogP contribution in [0.5, 0.6) is 5.75 Å². The Morgan fingerprint density at radius 3 is 2.42 bits per heavy atom. The van der Waals surface area contributed by atoms with Crippen LogP contribution in [-0.4, -0.2) is 7.11 Å². The minimum atomic E-state index is 0.488. The lowest BCUT2D eigenvalue weighted by atomic mass is 10.00. The summed E-state index contributed by atoms with van der Waals surface area (Å²) >= 11 is 0. The molecule has 0 atom stereocenters. The standard InChI is InChI=1S/C11H15O/c1-8(2)10-7-5-6-9(3)11(10)12-4/h5-8H,3H2,1-2,4H3. The SMILES string of the molecule is [CH2]c1cccc(C(C)C)c1OC. The summed E-state index contributed by atoms with van der Waals surface area (Å²) in [6.07, 6.45) is 0. The van der Waals surface area contributed by atoms with E-state index in [1.54, 1.807) is 7.11 Å². The predicted octanol–water partition coefficient (Wildman–Crippen LogP) is 3.00. The topological polar surface area (TPSA) is 9.23 Å². The van der Waals surface area contributed by atoms with Crippen molar-refractivity contribution in [1.82, 2.24) is 0 Å². The molecule has 0 amide bonds. The highest BCUT2D eigenvalue weighted by Crippen LogP contribution is 2.28. The average Bonchev–Trinajstić information content (AvgIpc) is 2.03. The van der Waals surface area contributed by atoms with Gasteiger partial charge in [-0.2, -0.15) is 0 Å². The molecule has 1 aromatic carbocycles. The van der Waals surface area contributed by atoms with Crippen molar-refractivity contribution in [3.8, 4) is 5.75 Å². The Morgan fingerprint density at radius 1 is 1.33 bits per heavy atom. The van der Waals surface area contributed by atoms with Crippen molar-refractivity contribution in [2.24, 2.45) is 0 Å². The van der Waals surface area contributed by atoms with Crippen LogP contribution in [0, 0.1) is 6.92 Å². The summed E-state index contributed by atoms with van der Waals surface area (Å²) in [5, 5.41) is 0. The van der Waals surface area contributed by atoms with E-state index in [1.807, 2.05) is 12.1 Å². The van der Waals surface area contributed by atoms with E-state index in [-0.39, 0.29) is 0 Å². The van der Waals surface area contributed by atoms with Gasteiger partial charge in [-0.3, -0.25) is 0 Å². The molecular weight excluding hydrogens is 148 g/mol. The molecule has 1 aromatic rings. The molecule has 0 fully saturated rings. The number of rotatable bonds is 2. The molecule has 0 saturated heterocycles.